The quantitative estimate of drug-likeness (QED) is 0.349. The number of ether oxygens (including phenoxy) is 2. The van der Waals surface area contributed by atoms with Gasteiger partial charge in [0, 0.05) is 58.3 Å². The lowest BCUT2D eigenvalue weighted by atomic mass is 10.1. The summed E-state index contributed by atoms with van der Waals surface area (Å²) in [5.74, 6) is 3.69. The van der Waals surface area contributed by atoms with Crippen molar-refractivity contribution < 1.29 is 13.9 Å². The van der Waals surface area contributed by atoms with E-state index in [0.717, 1.165) is 74.5 Å². The summed E-state index contributed by atoms with van der Waals surface area (Å²) >= 11 is 0. The van der Waals surface area contributed by atoms with Gasteiger partial charge in [-0.15, -0.1) is 24.0 Å². The van der Waals surface area contributed by atoms with Crippen molar-refractivity contribution in [2.75, 3.05) is 54.0 Å². The van der Waals surface area contributed by atoms with Crippen molar-refractivity contribution in [1.29, 1.82) is 0 Å². The van der Waals surface area contributed by atoms with Crippen molar-refractivity contribution in [1.82, 2.24) is 15.1 Å². The van der Waals surface area contributed by atoms with Gasteiger partial charge in [0.2, 0.25) is 0 Å². The van der Waals surface area contributed by atoms with Gasteiger partial charge in [0.15, 0.2) is 5.96 Å². The van der Waals surface area contributed by atoms with Crippen LogP contribution in [0.2, 0.25) is 0 Å². The fourth-order valence-electron chi connectivity index (χ4n) is 3.45. The summed E-state index contributed by atoms with van der Waals surface area (Å²) in [6, 6.07) is 9.87. The van der Waals surface area contributed by atoms with Crippen LogP contribution < -0.4 is 14.8 Å². The van der Waals surface area contributed by atoms with E-state index in [1.807, 2.05) is 31.3 Å². The van der Waals surface area contributed by atoms with Gasteiger partial charge >= 0.3 is 0 Å². The smallest absolute Gasteiger partial charge is 0.193 e. The van der Waals surface area contributed by atoms with Gasteiger partial charge in [-0.05, 0) is 30.3 Å². The number of guanidine groups is 1. The Kier molecular flexibility index (Phi) is 9.59. The van der Waals surface area contributed by atoms with Crippen molar-refractivity contribution in [2.24, 2.45) is 4.99 Å². The van der Waals surface area contributed by atoms with Crippen molar-refractivity contribution in [3.05, 3.63) is 47.9 Å². The van der Waals surface area contributed by atoms with Gasteiger partial charge in [-0.25, -0.2) is 0 Å². The topological polar surface area (TPSA) is 62.5 Å². The third-order valence-corrected chi connectivity index (χ3v) is 5.00. The number of halogens is 1. The molecule has 7 nitrogen and oxygen atoms in total. The van der Waals surface area contributed by atoms with Crippen LogP contribution in [0.15, 0.2) is 46.0 Å². The second kappa shape index (κ2) is 11.9. The monoisotopic (exact) mass is 514 g/mol. The summed E-state index contributed by atoms with van der Waals surface area (Å²) in [5.41, 5.74) is 1.15. The fourth-order valence-corrected chi connectivity index (χ4v) is 3.45. The van der Waals surface area contributed by atoms with Gasteiger partial charge in [-0.1, -0.05) is 0 Å². The lowest BCUT2D eigenvalue weighted by Gasteiger charge is -2.36. The molecule has 0 amide bonds. The van der Waals surface area contributed by atoms with Crippen LogP contribution in [0, 0.1) is 0 Å². The van der Waals surface area contributed by atoms with E-state index in [2.05, 4.69) is 26.2 Å². The third kappa shape index (κ3) is 6.53. The molecule has 1 aliphatic heterocycles. The Balaban J connectivity index is 0.00000300. The Morgan fingerprint density at radius 2 is 1.93 bits per heavy atom. The molecule has 0 unspecified atom stereocenters. The summed E-state index contributed by atoms with van der Waals surface area (Å²) in [4.78, 5) is 9.18. The highest BCUT2D eigenvalue weighted by atomic mass is 127. The average Bonchev–Trinajstić information content (AvgIpc) is 3.25. The van der Waals surface area contributed by atoms with Crippen LogP contribution in [-0.2, 0) is 13.0 Å². The van der Waals surface area contributed by atoms with Crippen LogP contribution in [0.5, 0.6) is 11.5 Å². The molecule has 29 heavy (non-hydrogen) atoms. The van der Waals surface area contributed by atoms with E-state index in [0.29, 0.717) is 0 Å². The third-order valence-electron chi connectivity index (χ3n) is 5.00. The molecule has 1 aromatic heterocycles. The van der Waals surface area contributed by atoms with Crippen LogP contribution in [0.4, 0.5) is 0 Å². The summed E-state index contributed by atoms with van der Waals surface area (Å²) in [6.45, 7) is 5.47. The molecule has 1 aromatic carbocycles. The van der Waals surface area contributed by atoms with Crippen LogP contribution in [-0.4, -0.2) is 69.8 Å². The molecule has 0 atom stereocenters. The Labute approximate surface area is 190 Å². The summed E-state index contributed by atoms with van der Waals surface area (Å²) < 4.78 is 16.2. The molecule has 160 valence electrons. The van der Waals surface area contributed by atoms with Gasteiger partial charge in [0.25, 0.3) is 0 Å². The number of benzene rings is 1. The maximum atomic E-state index is 5.51. The molecule has 1 N–H and O–H groups in total. The van der Waals surface area contributed by atoms with E-state index < -0.39 is 0 Å². The second-order valence-electron chi connectivity index (χ2n) is 6.74. The fraction of sp³-hybridized carbons (Fsp3) is 0.476. The van der Waals surface area contributed by atoms with Gasteiger partial charge in [-0.2, -0.15) is 0 Å². The van der Waals surface area contributed by atoms with E-state index >= 15 is 0 Å². The summed E-state index contributed by atoms with van der Waals surface area (Å²) in [5, 5.41) is 3.44. The van der Waals surface area contributed by atoms with E-state index in [9.17, 15) is 0 Å². The Morgan fingerprint density at radius 3 is 2.55 bits per heavy atom. The minimum Gasteiger partial charge on any atom is -0.497 e. The lowest BCUT2D eigenvalue weighted by Crippen LogP contribution is -2.52. The summed E-state index contributed by atoms with van der Waals surface area (Å²) in [6.07, 6.45) is 2.56. The lowest BCUT2D eigenvalue weighted by molar-refractivity contribution is 0.171. The van der Waals surface area contributed by atoms with Gasteiger partial charge < -0.3 is 24.1 Å². The van der Waals surface area contributed by atoms with E-state index in [4.69, 9.17) is 13.9 Å². The van der Waals surface area contributed by atoms with Gasteiger partial charge in [-0.3, -0.25) is 9.89 Å². The molecule has 0 saturated carbocycles. The second-order valence-corrected chi connectivity index (χ2v) is 6.74. The van der Waals surface area contributed by atoms with Crippen LogP contribution in [0.25, 0.3) is 0 Å². The first-order valence-corrected chi connectivity index (χ1v) is 9.64. The average molecular weight is 514 g/mol. The van der Waals surface area contributed by atoms with E-state index in [1.165, 1.54) is 0 Å². The van der Waals surface area contributed by atoms with Gasteiger partial charge in [0.1, 0.15) is 17.3 Å². The molecular formula is C21H31IN4O3. The number of furan rings is 1. The Morgan fingerprint density at radius 1 is 1.14 bits per heavy atom. The number of aliphatic imine (C=N–C) groups is 1. The van der Waals surface area contributed by atoms with Crippen molar-refractivity contribution in [3.63, 3.8) is 0 Å². The van der Waals surface area contributed by atoms with Crippen molar-refractivity contribution in [3.8, 4) is 11.5 Å². The highest BCUT2D eigenvalue weighted by molar-refractivity contribution is 14.0. The van der Waals surface area contributed by atoms with Crippen LogP contribution in [0.3, 0.4) is 0 Å². The zero-order valence-corrected chi connectivity index (χ0v) is 19.7. The van der Waals surface area contributed by atoms with Crippen LogP contribution in [0.1, 0.15) is 11.3 Å². The first kappa shape index (κ1) is 23.3. The number of methoxy groups -OCH3 is 2. The number of piperazine rings is 1. The number of nitrogens with zero attached hydrogens (tertiary/aromatic N) is 3. The molecule has 2 aromatic rings. The molecule has 8 heteroatoms. The highest BCUT2D eigenvalue weighted by Gasteiger charge is 2.20. The minimum absolute atomic E-state index is 0. The molecule has 0 aliphatic carbocycles. The SMILES string of the molecule is CN=C(NCCc1ccco1)N1CCN(Cc2cc(OC)ccc2OC)CC1.I. The predicted octanol–water partition coefficient (Wildman–Crippen LogP) is 2.85. The molecule has 0 spiro atoms. The molecular weight excluding hydrogens is 483 g/mol. The molecule has 0 bridgehead atoms. The maximum Gasteiger partial charge on any atom is 0.193 e. The maximum absolute atomic E-state index is 5.51. The molecule has 2 heterocycles. The molecule has 1 fully saturated rings. The molecule has 1 aliphatic rings. The predicted molar refractivity (Wildman–Crippen MR) is 126 cm³/mol. The Bertz CT molecular complexity index is 759. The molecule has 3 rings (SSSR count). The first-order valence-electron chi connectivity index (χ1n) is 9.64. The standard InChI is InChI=1S/C21H30N4O3.HI/c1-22-21(23-9-8-18-5-4-14-28-18)25-12-10-24(11-13-25)16-17-15-19(26-2)6-7-20(17)27-3;/h4-7,14-15H,8-13,16H2,1-3H3,(H,22,23);1H. The zero-order valence-electron chi connectivity index (χ0n) is 17.4. The Hall–Kier alpha value is -1.94. The number of hydrogen-bond acceptors (Lipinski definition) is 5. The summed E-state index contributed by atoms with van der Waals surface area (Å²) in [7, 11) is 5.24. The first-order chi connectivity index (χ1) is 13.7. The van der Waals surface area contributed by atoms with Crippen LogP contribution >= 0.6 is 24.0 Å². The molecule has 0 radical (unpaired) electrons. The highest BCUT2D eigenvalue weighted by Crippen LogP contribution is 2.25. The van der Waals surface area contributed by atoms with Crippen molar-refractivity contribution >= 4 is 29.9 Å². The number of nitrogens with one attached hydrogen (secondary N) is 1. The number of rotatable bonds is 7. The minimum atomic E-state index is 0. The van der Waals surface area contributed by atoms with Crippen molar-refractivity contribution in [2.45, 2.75) is 13.0 Å². The van der Waals surface area contributed by atoms with E-state index in [-0.39, 0.29) is 24.0 Å². The van der Waals surface area contributed by atoms with E-state index in [1.54, 1.807) is 20.5 Å². The number of hydrogen-bond donors (Lipinski definition) is 1. The zero-order chi connectivity index (χ0) is 19.8. The largest absolute Gasteiger partial charge is 0.497 e. The van der Waals surface area contributed by atoms with Gasteiger partial charge in [0.05, 0.1) is 20.5 Å². The normalized spacial score (nSPS) is 15.0. The molecule has 1 saturated heterocycles.